The molecule has 0 fully saturated rings. The first-order valence-electron chi connectivity index (χ1n) is 8.43. The van der Waals surface area contributed by atoms with Crippen molar-refractivity contribution in [2.45, 2.75) is 18.9 Å². The van der Waals surface area contributed by atoms with Crippen molar-refractivity contribution >= 4 is 10.9 Å². The van der Waals surface area contributed by atoms with Crippen molar-refractivity contribution in [1.82, 2.24) is 9.78 Å². The van der Waals surface area contributed by atoms with Crippen LogP contribution in [-0.2, 0) is 12.0 Å². The first-order valence-corrected chi connectivity index (χ1v) is 8.43. The molecule has 25 heavy (non-hydrogen) atoms. The van der Waals surface area contributed by atoms with Crippen LogP contribution in [0.1, 0.15) is 18.1 Å². The summed E-state index contributed by atoms with van der Waals surface area (Å²) in [6.45, 7) is 1.86. The Kier molecular flexibility index (Phi) is 3.86. The maximum absolute atomic E-state index is 10.9. The number of aromatic nitrogens is 2. The summed E-state index contributed by atoms with van der Waals surface area (Å²) in [5, 5.41) is 16.5. The van der Waals surface area contributed by atoms with Gasteiger partial charge in [0, 0.05) is 11.8 Å². The number of nitrogens with zero attached hydrogens (tertiary/aromatic N) is 2. The van der Waals surface area contributed by atoms with Crippen LogP contribution in [0.2, 0.25) is 0 Å². The SMILES string of the molecule is CC(O)(Cc1ccc2c(cnn2-c2ccccc2)c1)c1ccccc1. The van der Waals surface area contributed by atoms with Gasteiger partial charge in [-0.2, -0.15) is 5.10 Å². The number of hydrogen-bond acceptors (Lipinski definition) is 2. The van der Waals surface area contributed by atoms with E-state index in [4.69, 9.17) is 0 Å². The maximum Gasteiger partial charge on any atom is 0.0908 e. The molecule has 0 aliphatic carbocycles. The van der Waals surface area contributed by atoms with Gasteiger partial charge in [-0.15, -0.1) is 0 Å². The van der Waals surface area contributed by atoms with Crippen molar-refractivity contribution in [3.8, 4) is 5.69 Å². The molecule has 0 bridgehead atoms. The lowest BCUT2D eigenvalue weighted by Crippen LogP contribution is -2.24. The van der Waals surface area contributed by atoms with E-state index in [0.29, 0.717) is 6.42 Å². The summed E-state index contributed by atoms with van der Waals surface area (Å²) >= 11 is 0. The van der Waals surface area contributed by atoms with Gasteiger partial charge in [-0.3, -0.25) is 0 Å². The molecule has 3 aromatic carbocycles. The molecule has 3 heteroatoms. The molecule has 1 aromatic heterocycles. The van der Waals surface area contributed by atoms with Crippen LogP contribution in [-0.4, -0.2) is 14.9 Å². The molecule has 1 atom stereocenters. The number of para-hydroxylation sites is 1. The fourth-order valence-electron chi connectivity index (χ4n) is 3.26. The van der Waals surface area contributed by atoms with E-state index in [1.807, 2.05) is 78.5 Å². The van der Waals surface area contributed by atoms with E-state index in [9.17, 15) is 5.11 Å². The highest BCUT2D eigenvalue weighted by atomic mass is 16.3. The molecule has 0 radical (unpaired) electrons. The monoisotopic (exact) mass is 328 g/mol. The van der Waals surface area contributed by atoms with Gasteiger partial charge >= 0.3 is 0 Å². The molecule has 1 N–H and O–H groups in total. The summed E-state index contributed by atoms with van der Waals surface area (Å²) in [5.41, 5.74) is 3.23. The van der Waals surface area contributed by atoms with E-state index in [-0.39, 0.29) is 0 Å². The Morgan fingerprint density at radius 2 is 1.60 bits per heavy atom. The van der Waals surface area contributed by atoms with Crippen LogP contribution < -0.4 is 0 Å². The van der Waals surface area contributed by atoms with E-state index in [1.54, 1.807) is 0 Å². The average molecular weight is 328 g/mol. The van der Waals surface area contributed by atoms with Crippen LogP contribution in [0.4, 0.5) is 0 Å². The zero-order valence-electron chi connectivity index (χ0n) is 14.1. The normalized spacial score (nSPS) is 13.7. The molecule has 1 unspecified atom stereocenters. The molecule has 0 aliphatic heterocycles. The number of aliphatic hydroxyl groups is 1. The quantitative estimate of drug-likeness (QED) is 0.600. The second-order valence-electron chi connectivity index (χ2n) is 6.60. The number of rotatable bonds is 4. The molecular formula is C22H20N2O. The van der Waals surface area contributed by atoms with Crippen LogP contribution in [0.25, 0.3) is 16.6 Å². The van der Waals surface area contributed by atoms with Crippen molar-refractivity contribution in [2.75, 3.05) is 0 Å². The summed E-state index contributed by atoms with van der Waals surface area (Å²) in [5.74, 6) is 0. The number of benzene rings is 3. The average Bonchev–Trinajstić information content (AvgIpc) is 3.06. The smallest absolute Gasteiger partial charge is 0.0908 e. The van der Waals surface area contributed by atoms with E-state index in [2.05, 4.69) is 23.3 Å². The van der Waals surface area contributed by atoms with Gasteiger partial charge in [0.05, 0.1) is 23.0 Å². The minimum atomic E-state index is -0.898. The molecule has 0 aliphatic rings. The Bertz CT molecular complexity index is 988. The summed E-state index contributed by atoms with van der Waals surface area (Å²) in [7, 11) is 0. The van der Waals surface area contributed by atoms with Crippen molar-refractivity contribution in [2.24, 2.45) is 0 Å². The second kappa shape index (κ2) is 6.19. The third kappa shape index (κ3) is 3.06. The highest BCUT2D eigenvalue weighted by molar-refractivity contribution is 5.81. The standard InChI is InChI=1S/C22H20N2O/c1-22(25,19-8-4-2-5-9-19)15-17-12-13-21-18(14-17)16-23-24(21)20-10-6-3-7-11-20/h2-14,16,25H,15H2,1H3. The Balaban J connectivity index is 1.67. The summed E-state index contributed by atoms with van der Waals surface area (Å²) < 4.78 is 1.94. The maximum atomic E-state index is 10.9. The fraction of sp³-hybridized carbons (Fsp3) is 0.136. The number of fused-ring (bicyclic) bond motifs is 1. The molecule has 124 valence electrons. The van der Waals surface area contributed by atoms with Crippen molar-refractivity contribution in [1.29, 1.82) is 0 Å². The molecular weight excluding hydrogens is 308 g/mol. The fourth-order valence-corrected chi connectivity index (χ4v) is 3.26. The van der Waals surface area contributed by atoms with Gasteiger partial charge in [-0.25, -0.2) is 4.68 Å². The third-order valence-corrected chi connectivity index (χ3v) is 4.58. The van der Waals surface area contributed by atoms with E-state index < -0.39 is 5.60 Å². The van der Waals surface area contributed by atoms with Crippen molar-refractivity contribution < 1.29 is 5.11 Å². The minimum absolute atomic E-state index is 0.559. The lowest BCUT2D eigenvalue weighted by molar-refractivity contribution is 0.0576. The van der Waals surface area contributed by atoms with Gasteiger partial charge in [0.2, 0.25) is 0 Å². The predicted octanol–water partition coefficient (Wildman–Crippen LogP) is 4.48. The van der Waals surface area contributed by atoms with Gasteiger partial charge in [-0.05, 0) is 42.3 Å². The van der Waals surface area contributed by atoms with Crippen molar-refractivity contribution in [3.63, 3.8) is 0 Å². The molecule has 4 aromatic rings. The first kappa shape index (κ1) is 15.6. The molecule has 0 saturated carbocycles. The number of hydrogen-bond donors (Lipinski definition) is 1. The Labute approximate surface area is 147 Å². The lowest BCUT2D eigenvalue weighted by atomic mass is 9.89. The van der Waals surface area contributed by atoms with Crippen molar-refractivity contribution in [3.05, 3.63) is 96.2 Å². The third-order valence-electron chi connectivity index (χ3n) is 4.58. The topological polar surface area (TPSA) is 38.1 Å². The van der Waals surface area contributed by atoms with Gasteiger partial charge in [0.15, 0.2) is 0 Å². The van der Waals surface area contributed by atoms with E-state index in [0.717, 1.165) is 27.7 Å². The van der Waals surface area contributed by atoms with Gasteiger partial charge in [0.1, 0.15) is 0 Å². The molecule has 4 rings (SSSR count). The van der Waals surface area contributed by atoms with Gasteiger partial charge in [-0.1, -0.05) is 54.6 Å². The predicted molar refractivity (Wildman–Crippen MR) is 101 cm³/mol. The lowest BCUT2D eigenvalue weighted by Gasteiger charge is -2.24. The highest BCUT2D eigenvalue weighted by Gasteiger charge is 2.23. The van der Waals surface area contributed by atoms with E-state index >= 15 is 0 Å². The highest BCUT2D eigenvalue weighted by Crippen LogP contribution is 2.27. The molecule has 0 saturated heterocycles. The second-order valence-corrected chi connectivity index (χ2v) is 6.60. The molecule has 3 nitrogen and oxygen atoms in total. The minimum Gasteiger partial charge on any atom is -0.385 e. The first-order chi connectivity index (χ1) is 12.1. The van der Waals surface area contributed by atoms with Crippen LogP contribution in [0.3, 0.4) is 0 Å². The summed E-state index contributed by atoms with van der Waals surface area (Å²) in [6.07, 6.45) is 2.44. The zero-order valence-corrected chi connectivity index (χ0v) is 14.1. The van der Waals surface area contributed by atoms with Crippen LogP contribution in [0, 0.1) is 0 Å². The molecule has 0 amide bonds. The zero-order chi connectivity index (χ0) is 17.3. The van der Waals surface area contributed by atoms with Gasteiger partial charge in [0.25, 0.3) is 0 Å². The summed E-state index contributed by atoms with van der Waals surface area (Å²) in [6, 6.07) is 26.2. The van der Waals surface area contributed by atoms with Crippen LogP contribution >= 0.6 is 0 Å². The van der Waals surface area contributed by atoms with Crippen LogP contribution in [0.15, 0.2) is 85.1 Å². The Morgan fingerprint density at radius 1 is 0.920 bits per heavy atom. The summed E-state index contributed by atoms with van der Waals surface area (Å²) in [4.78, 5) is 0. The Morgan fingerprint density at radius 3 is 2.32 bits per heavy atom. The largest absolute Gasteiger partial charge is 0.385 e. The molecule has 0 spiro atoms. The Hall–Kier alpha value is -2.91. The van der Waals surface area contributed by atoms with Gasteiger partial charge < -0.3 is 5.11 Å². The van der Waals surface area contributed by atoms with Crippen LogP contribution in [0.5, 0.6) is 0 Å². The van der Waals surface area contributed by atoms with E-state index in [1.165, 1.54) is 0 Å². The molecule has 1 heterocycles.